The van der Waals surface area contributed by atoms with Crippen LogP contribution < -0.4 is 4.90 Å². The Morgan fingerprint density at radius 2 is 2.00 bits per heavy atom. The van der Waals surface area contributed by atoms with Gasteiger partial charge in [0.05, 0.1) is 12.2 Å². The van der Waals surface area contributed by atoms with Crippen molar-refractivity contribution in [3.8, 4) is 0 Å². The molecule has 0 amide bonds. The van der Waals surface area contributed by atoms with Gasteiger partial charge in [-0.3, -0.25) is 4.98 Å². The van der Waals surface area contributed by atoms with Crippen LogP contribution >= 0.6 is 0 Å². The molecule has 0 bridgehead atoms. The van der Waals surface area contributed by atoms with Crippen molar-refractivity contribution < 1.29 is 0 Å². The maximum Gasteiger partial charge on any atom is 0.135 e. The zero-order valence-electron chi connectivity index (χ0n) is 15.3. The number of aryl methyl sites for hydroxylation is 1. The monoisotopic (exact) mass is 348 g/mol. The first-order valence-corrected chi connectivity index (χ1v) is 9.16. The fourth-order valence-electron chi connectivity index (χ4n) is 3.71. The highest BCUT2D eigenvalue weighted by Gasteiger charge is 2.26. The number of pyridine rings is 1. The molecule has 134 valence electrons. The molecule has 4 heterocycles. The van der Waals surface area contributed by atoms with Gasteiger partial charge >= 0.3 is 0 Å². The van der Waals surface area contributed by atoms with Crippen LogP contribution in [0.4, 0.5) is 5.82 Å². The minimum atomic E-state index is 0.400. The van der Waals surface area contributed by atoms with Gasteiger partial charge in [-0.1, -0.05) is 6.07 Å². The van der Waals surface area contributed by atoms with E-state index in [0.717, 1.165) is 55.5 Å². The molecule has 0 unspecified atom stereocenters. The Labute approximate surface area is 154 Å². The summed E-state index contributed by atoms with van der Waals surface area (Å²) in [4.78, 5) is 20.4. The molecule has 0 aromatic carbocycles. The van der Waals surface area contributed by atoms with Crippen LogP contribution in [0.3, 0.4) is 0 Å². The molecule has 0 radical (unpaired) electrons. The summed E-state index contributed by atoms with van der Waals surface area (Å²) in [6.07, 6.45) is 9.76. The molecular weight excluding hydrogens is 324 g/mol. The predicted octanol–water partition coefficient (Wildman–Crippen LogP) is 3.12. The molecule has 0 saturated carbocycles. The van der Waals surface area contributed by atoms with Crippen LogP contribution in [0.2, 0.25) is 0 Å². The Balaban J connectivity index is 1.55. The minimum absolute atomic E-state index is 0.400. The van der Waals surface area contributed by atoms with Crippen LogP contribution in [0.25, 0.3) is 0 Å². The average molecular weight is 348 g/mol. The van der Waals surface area contributed by atoms with Gasteiger partial charge in [0.25, 0.3) is 0 Å². The van der Waals surface area contributed by atoms with Crippen LogP contribution in [-0.2, 0) is 6.54 Å². The van der Waals surface area contributed by atoms with E-state index in [1.54, 1.807) is 6.33 Å². The topological polar surface area (TPSA) is 59.7 Å². The first-order valence-electron chi connectivity index (χ1n) is 9.16. The van der Waals surface area contributed by atoms with Crippen molar-refractivity contribution in [3.63, 3.8) is 0 Å². The minimum Gasteiger partial charge on any atom is -0.356 e. The van der Waals surface area contributed by atoms with Gasteiger partial charge in [-0.25, -0.2) is 15.0 Å². The number of piperidine rings is 1. The molecule has 6 nitrogen and oxygen atoms in total. The van der Waals surface area contributed by atoms with Crippen LogP contribution in [0.5, 0.6) is 0 Å². The van der Waals surface area contributed by atoms with Crippen LogP contribution in [0, 0.1) is 13.8 Å². The van der Waals surface area contributed by atoms with Gasteiger partial charge in [-0.2, -0.15) is 0 Å². The molecule has 1 saturated heterocycles. The molecule has 3 aromatic heterocycles. The fourth-order valence-corrected chi connectivity index (χ4v) is 3.71. The third kappa shape index (κ3) is 3.31. The van der Waals surface area contributed by atoms with Gasteiger partial charge in [0.1, 0.15) is 18.0 Å². The zero-order valence-corrected chi connectivity index (χ0v) is 15.3. The summed E-state index contributed by atoms with van der Waals surface area (Å²) in [6, 6.07) is 6.04. The second kappa shape index (κ2) is 7.23. The largest absolute Gasteiger partial charge is 0.356 e. The maximum atomic E-state index is 4.68. The van der Waals surface area contributed by atoms with Gasteiger partial charge in [0.2, 0.25) is 0 Å². The van der Waals surface area contributed by atoms with Crippen molar-refractivity contribution in [1.82, 2.24) is 24.5 Å². The highest BCUT2D eigenvalue weighted by Crippen LogP contribution is 2.30. The Bertz CT molecular complexity index is 873. The molecular formula is C20H24N6. The maximum absolute atomic E-state index is 4.68. The summed E-state index contributed by atoms with van der Waals surface area (Å²) in [5, 5.41) is 0. The van der Waals surface area contributed by atoms with E-state index in [9.17, 15) is 0 Å². The molecule has 26 heavy (non-hydrogen) atoms. The standard InChI is InChI=1S/C20H24N6/c1-15-16(2)23-14-24-19(15)25-10-5-6-17(12-25)20-22-9-11-26(20)13-18-7-3-4-8-21-18/h3-4,7-9,11,14,17H,5-6,10,12-13H2,1-2H3/t17-/m1/s1. The molecule has 1 aliphatic heterocycles. The Hall–Kier alpha value is -2.76. The predicted molar refractivity (Wildman–Crippen MR) is 101 cm³/mol. The van der Waals surface area contributed by atoms with Crippen LogP contribution in [-0.4, -0.2) is 37.6 Å². The lowest BCUT2D eigenvalue weighted by Crippen LogP contribution is -2.36. The number of anilines is 1. The third-order valence-corrected chi connectivity index (χ3v) is 5.20. The highest BCUT2D eigenvalue weighted by atomic mass is 15.2. The summed E-state index contributed by atoms with van der Waals surface area (Å²) in [7, 11) is 0. The van der Waals surface area contributed by atoms with Gasteiger partial charge < -0.3 is 9.47 Å². The normalized spacial score (nSPS) is 17.5. The number of hydrogen-bond donors (Lipinski definition) is 0. The average Bonchev–Trinajstić information content (AvgIpc) is 3.13. The van der Waals surface area contributed by atoms with E-state index in [0.29, 0.717) is 5.92 Å². The molecule has 4 rings (SSSR count). The smallest absolute Gasteiger partial charge is 0.135 e. The SMILES string of the molecule is Cc1ncnc(N2CCC[C@@H](c3nccn3Cc3ccccn3)C2)c1C. The Kier molecular flexibility index (Phi) is 4.65. The van der Waals surface area contributed by atoms with Gasteiger partial charge in [0, 0.05) is 48.9 Å². The van der Waals surface area contributed by atoms with E-state index in [1.807, 2.05) is 31.5 Å². The molecule has 0 spiro atoms. The van der Waals surface area contributed by atoms with Crippen molar-refractivity contribution in [2.24, 2.45) is 0 Å². The molecule has 6 heteroatoms. The van der Waals surface area contributed by atoms with Crippen molar-refractivity contribution in [2.75, 3.05) is 18.0 Å². The van der Waals surface area contributed by atoms with Crippen molar-refractivity contribution in [1.29, 1.82) is 0 Å². The lowest BCUT2D eigenvalue weighted by Gasteiger charge is -2.34. The Morgan fingerprint density at radius 3 is 2.85 bits per heavy atom. The second-order valence-electron chi connectivity index (χ2n) is 6.93. The van der Waals surface area contributed by atoms with Crippen LogP contribution in [0.1, 0.15) is 41.5 Å². The summed E-state index contributed by atoms with van der Waals surface area (Å²) in [5.41, 5.74) is 3.28. The van der Waals surface area contributed by atoms with Crippen molar-refractivity contribution >= 4 is 5.82 Å². The molecule has 0 N–H and O–H groups in total. The van der Waals surface area contributed by atoms with E-state index < -0.39 is 0 Å². The summed E-state index contributed by atoms with van der Waals surface area (Å²) in [6.45, 7) is 6.89. The number of rotatable bonds is 4. The van der Waals surface area contributed by atoms with Crippen molar-refractivity contribution in [2.45, 2.75) is 39.2 Å². The van der Waals surface area contributed by atoms with Crippen LogP contribution in [0.15, 0.2) is 43.1 Å². The van der Waals surface area contributed by atoms with E-state index in [2.05, 4.69) is 48.6 Å². The summed E-state index contributed by atoms with van der Waals surface area (Å²) in [5.74, 6) is 2.60. The van der Waals surface area contributed by atoms with E-state index >= 15 is 0 Å². The van der Waals surface area contributed by atoms with E-state index in [4.69, 9.17) is 0 Å². The molecule has 1 aliphatic rings. The van der Waals surface area contributed by atoms with Crippen molar-refractivity contribution in [3.05, 3.63) is 65.9 Å². The lowest BCUT2D eigenvalue weighted by molar-refractivity contribution is 0.472. The lowest BCUT2D eigenvalue weighted by atomic mass is 9.96. The van der Waals surface area contributed by atoms with Gasteiger partial charge in [0.15, 0.2) is 0 Å². The first kappa shape index (κ1) is 16.7. The molecule has 1 atom stereocenters. The first-order chi connectivity index (χ1) is 12.7. The molecule has 0 aliphatic carbocycles. The zero-order chi connectivity index (χ0) is 17.9. The molecule has 1 fully saturated rings. The summed E-state index contributed by atoms with van der Waals surface area (Å²) < 4.78 is 2.23. The number of nitrogens with zero attached hydrogens (tertiary/aromatic N) is 6. The second-order valence-corrected chi connectivity index (χ2v) is 6.93. The van der Waals surface area contributed by atoms with Gasteiger partial charge in [-0.15, -0.1) is 0 Å². The number of imidazole rings is 1. The van der Waals surface area contributed by atoms with E-state index in [1.165, 1.54) is 5.56 Å². The summed E-state index contributed by atoms with van der Waals surface area (Å²) >= 11 is 0. The highest BCUT2D eigenvalue weighted by molar-refractivity contribution is 5.48. The fraction of sp³-hybridized carbons (Fsp3) is 0.400. The third-order valence-electron chi connectivity index (χ3n) is 5.20. The Morgan fingerprint density at radius 1 is 1.08 bits per heavy atom. The van der Waals surface area contributed by atoms with Gasteiger partial charge in [-0.05, 0) is 38.8 Å². The number of hydrogen-bond acceptors (Lipinski definition) is 5. The van der Waals surface area contributed by atoms with E-state index in [-0.39, 0.29) is 0 Å². The number of aromatic nitrogens is 5. The molecule has 3 aromatic rings. The quantitative estimate of drug-likeness (QED) is 0.725.